The lowest BCUT2D eigenvalue weighted by atomic mass is 10.2. The van der Waals surface area contributed by atoms with Crippen LogP contribution < -0.4 is 16.1 Å². The monoisotopic (exact) mass is 360 g/mol. The van der Waals surface area contributed by atoms with Gasteiger partial charge in [0.1, 0.15) is 18.9 Å². The zero-order chi connectivity index (χ0) is 17.1. The minimum atomic E-state index is -0.465. The molecular formula is C18H21ClN4O2. The third kappa shape index (κ3) is 4.03. The summed E-state index contributed by atoms with van der Waals surface area (Å²) in [6.07, 6.45) is 0. The van der Waals surface area contributed by atoms with Gasteiger partial charge in [-0.05, 0) is 36.8 Å². The Labute approximate surface area is 151 Å². The average molecular weight is 361 g/mol. The number of hydrogen-bond acceptors (Lipinski definition) is 3. The molecule has 1 amide bonds. The normalized spacial score (nSPS) is 10.4. The topological polar surface area (TPSA) is 86.0 Å². The molecule has 132 valence electrons. The SMILES string of the molecule is Cc1cccc(OCCn2c(=N)n(CC(N)=O)c3ccccc32)c1.Cl. The number of carbonyl (C=O) groups is 1. The Morgan fingerprint density at radius 1 is 1.12 bits per heavy atom. The number of aryl methyl sites for hydroxylation is 1. The van der Waals surface area contributed by atoms with Crippen LogP contribution in [0.1, 0.15) is 5.56 Å². The van der Waals surface area contributed by atoms with E-state index in [9.17, 15) is 4.79 Å². The van der Waals surface area contributed by atoms with Crippen molar-refractivity contribution in [2.75, 3.05) is 6.61 Å². The molecule has 3 aromatic rings. The molecule has 0 saturated carbocycles. The van der Waals surface area contributed by atoms with Crippen LogP contribution >= 0.6 is 12.4 Å². The smallest absolute Gasteiger partial charge is 0.237 e. The van der Waals surface area contributed by atoms with Gasteiger partial charge in [0.15, 0.2) is 0 Å². The van der Waals surface area contributed by atoms with Crippen LogP contribution in [-0.2, 0) is 17.9 Å². The van der Waals surface area contributed by atoms with Crippen molar-refractivity contribution in [1.29, 1.82) is 5.41 Å². The highest BCUT2D eigenvalue weighted by atomic mass is 35.5. The highest BCUT2D eigenvalue weighted by Gasteiger charge is 2.11. The number of para-hydroxylation sites is 2. The van der Waals surface area contributed by atoms with E-state index < -0.39 is 5.91 Å². The second-order valence-corrected chi connectivity index (χ2v) is 5.68. The number of carbonyl (C=O) groups excluding carboxylic acids is 1. The fourth-order valence-electron chi connectivity index (χ4n) is 2.80. The summed E-state index contributed by atoms with van der Waals surface area (Å²) in [4.78, 5) is 11.3. The predicted octanol–water partition coefficient (Wildman–Crippen LogP) is 2.22. The van der Waals surface area contributed by atoms with E-state index in [1.807, 2.05) is 60.0 Å². The fourth-order valence-corrected chi connectivity index (χ4v) is 2.80. The van der Waals surface area contributed by atoms with Crippen LogP contribution in [0.15, 0.2) is 48.5 Å². The fraction of sp³-hybridized carbons (Fsp3) is 0.222. The van der Waals surface area contributed by atoms with Gasteiger partial charge in [-0.1, -0.05) is 24.3 Å². The van der Waals surface area contributed by atoms with Crippen molar-refractivity contribution in [1.82, 2.24) is 9.13 Å². The van der Waals surface area contributed by atoms with Gasteiger partial charge >= 0.3 is 0 Å². The summed E-state index contributed by atoms with van der Waals surface area (Å²) in [5, 5.41) is 8.35. The van der Waals surface area contributed by atoms with Crippen LogP contribution in [0, 0.1) is 12.3 Å². The molecule has 1 heterocycles. The van der Waals surface area contributed by atoms with Crippen molar-refractivity contribution < 1.29 is 9.53 Å². The number of rotatable bonds is 6. The maximum Gasteiger partial charge on any atom is 0.237 e. The minimum Gasteiger partial charge on any atom is -0.492 e. The van der Waals surface area contributed by atoms with Crippen molar-refractivity contribution in [3.8, 4) is 5.75 Å². The summed E-state index contributed by atoms with van der Waals surface area (Å²) >= 11 is 0. The molecule has 0 aliphatic heterocycles. The molecule has 0 radical (unpaired) electrons. The standard InChI is InChI=1S/C18H20N4O2.ClH/c1-13-5-4-6-14(11-13)24-10-9-21-15-7-2-3-8-16(15)22(18(21)20)12-17(19)23;/h2-8,11,20H,9-10,12H2,1H3,(H2,19,23);1H. The largest absolute Gasteiger partial charge is 0.492 e. The summed E-state index contributed by atoms with van der Waals surface area (Å²) in [6.45, 7) is 2.95. The van der Waals surface area contributed by atoms with Crippen LogP contribution in [0.25, 0.3) is 11.0 Å². The molecule has 6 nitrogen and oxygen atoms in total. The lowest BCUT2D eigenvalue weighted by molar-refractivity contribution is -0.118. The molecule has 0 aliphatic carbocycles. The molecule has 0 bridgehead atoms. The van der Waals surface area contributed by atoms with Crippen molar-refractivity contribution in [3.63, 3.8) is 0 Å². The summed E-state index contributed by atoms with van der Waals surface area (Å²) < 4.78 is 9.22. The number of nitrogens with two attached hydrogens (primary N) is 1. The van der Waals surface area contributed by atoms with Gasteiger partial charge in [0.25, 0.3) is 0 Å². The Morgan fingerprint density at radius 3 is 2.44 bits per heavy atom. The van der Waals surface area contributed by atoms with Crippen LogP contribution in [0.2, 0.25) is 0 Å². The number of fused-ring (bicyclic) bond motifs is 1. The van der Waals surface area contributed by atoms with E-state index in [0.29, 0.717) is 13.2 Å². The zero-order valence-corrected chi connectivity index (χ0v) is 14.8. The molecule has 0 aliphatic rings. The summed E-state index contributed by atoms with van der Waals surface area (Å²) in [7, 11) is 0. The Kier molecular flexibility index (Phi) is 5.88. The van der Waals surface area contributed by atoms with E-state index in [4.69, 9.17) is 15.9 Å². The highest BCUT2D eigenvalue weighted by molar-refractivity contribution is 5.85. The van der Waals surface area contributed by atoms with Crippen LogP contribution in [0.5, 0.6) is 5.75 Å². The van der Waals surface area contributed by atoms with Crippen molar-refractivity contribution in [2.45, 2.75) is 20.0 Å². The van der Waals surface area contributed by atoms with Gasteiger partial charge in [0.2, 0.25) is 11.5 Å². The first-order chi connectivity index (χ1) is 11.6. The Balaban J connectivity index is 0.00000225. The molecule has 0 fully saturated rings. The van der Waals surface area contributed by atoms with Crippen molar-refractivity contribution in [3.05, 3.63) is 59.7 Å². The Hall–Kier alpha value is -2.73. The lowest BCUT2D eigenvalue weighted by Gasteiger charge is -2.08. The highest BCUT2D eigenvalue weighted by Crippen LogP contribution is 2.14. The first kappa shape index (κ1) is 18.6. The number of imidazole rings is 1. The number of ether oxygens (including phenoxy) is 1. The molecule has 3 N–H and O–H groups in total. The third-order valence-electron chi connectivity index (χ3n) is 3.86. The summed E-state index contributed by atoms with van der Waals surface area (Å²) in [5.41, 5.74) is 8.39. The van der Waals surface area contributed by atoms with Gasteiger partial charge in [0, 0.05) is 0 Å². The summed E-state index contributed by atoms with van der Waals surface area (Å²) in [6, 6.07) is 15.5. The van der Waals surface area contributed by atoms with Gasteiger partial charge < -0.3 is 19.6 Å². The Bertz CT molecular complexity index is 946. The predicted molar refractivity (Wildman–Crippen MR) is 98.9 cm³/mol. The quantitative estimate of drug-likeness (QED) is 0.706. The van der Waals surface area contributed by atoms with E-state index in [-0.39, 0.29) is 24.6 Å². The number of nitrogens with one attached hydrogen (secondary N) is 1. The minimum absolute atomic E-state index is 0. The molecule has 0 saturated heterocycles. The van der Waals surface area contributed by atoms with Gasteiger partial charge in [-0.3, -0.25) is 10.2 Å². The van der Waals surface area contributed by atoms with E-state index in [1.165, 1.54) is 0 Å². The van der Waals surface area contributed by atoms with Crippen molar-refractivity contribution in [2.24, 2.45) is 5.73 Å². The number of hydrogen-bond donors (Lipinski definition) is 2. The number of benzene rings is 2. The number of nitrogens with zero attached hydrogens (tertiary/aromatic N) is 2. The second-order valence-electron chi connectivity index (χ2n) is 5.68. The van der Waals surface area contributed by atoms with E-state index in [0.717, 1.165) is 22.3 Å². The number of amides is 1. The molecule has 1 aromatic heterocycles. The molecule has 3 rings (SSSR count). The first-order valence-electron chi connectivity index (χ1n) is 7.76. The number of primary amides is 1. The van der Waals surface area contributed by atoms with Crippen LogP contribution in [-0.4, -0.2) is 21.6 Å². The maximum atomic E-state index is 11.3. The van der Waals surface area contributed by atoms with E-state index in [2.05, 4.69) is 0 Å². The second kappa shape index (κ2) is 7.90. The average Bonchev–Trinajstić information content (AvgIpc) is 2.80. The van der Waals surface area contributed by atoms with Crippen LogP contribution in [0.4, 0.5) is 0 Å². The molecule has 0 unspecified atom stereocenters. The van der Waals surface area contributed by atoms with E-state index >= 15 is 0 Å². The van der Waals surface area contributed by atoms with Crippen LogP contribution in [0.3, 0.4) is 0 Å². The summed E-state index contributed by atoms with van der Waals surface area (Å²) in [5.74, 6) is 0.343. The molecule has 2 aromatic carbocycles. The van der Waals surface area contributed by atoms with E-state index in [1.54, 1.807) is 4.57 Å². The number of aromatic nitrogens is 2. The molecule has 0 spiro atoms. The van der Waals surface area contributed by atoms with Gasteiger partial charge in [-0.25, -0.2) is 0 Å². The Morgan fingerprint density at radius 2 is 1.80 bits per heavy atom. The van der Waals surface area contributed by atoms with Crippen molar-refractivity contribution >= 4 is 29.3 Å². The molecule has 7 heteroatoms. The van der Waals surface area contributed by atoms with Gasteiger partial charge in [-0.15, -0.1) is 12.4 Å². The molecular weight excluding hydrogens is 340 g/mol. The number of halogens is 1. The zero-order valence-electron chi connectivity index (χ0n) is 13.9. The van der Waals surface area contributed by atoms with Gasteiger partial charge in [0.05, 0.1) is 17.6 Å². The molecule has 0 atom stereocenters. The third-order valence-corrected chi connectivity index (χ3v) is 3.86. The molecule has 25 heavy (non-hydrogen) atoms. The lowest BCUT2D eigenvalue weighted by Crippen LogP contribution is -2.30. The maximum absolute atomic E-state index is 11.3. The first-order valence-corrected chi connectivity index (χ1v) is 7.76. The van der Waals surface area contributed by atoms with Gasteiger partial charge in [-0.2, -0.15) is 0 Å².